The van der Waals surface area contributed by atoms with Crippen molar-refractivity contribution < 1.29 is 14.6 Å². The highest BCUT2D eigenvalue weighted by Gasteiger charge is 2.17. The summed E-state index contributed by atoms with van der Waals surface area (Å²) in [7, 11) is 0. The maximum absolute atomic E-state index is 12.0. The van der Waals surface area contributed by atoms with Crippen LogP contribution in [0.25, 0.3) is 0 Å². The highest BCUT2D eigenvalue weighted by Crippen LogP contribution is 2.19. The lowest BCUT2D eigenvalue weighted by molar-refractivity contribution is -0.116. The Morgan fingerprint density at radius 2 is 2.38 bits per heavy atom. The van der Waals surface area contributed by atoms with Crippen LogP contribution in [-0.4, -0.2) is 30.3 Å². The molecule has 1 fully saturated rings. The van der Waals surface area contributed by atoms with Crippen LogP contribution < -0.4 is 5.32 Å². The van der Waals surface area contributed by atoms with Crippen LogP contribution in [0.5, 0.6) is 0 Å². The zero-order chi connectivity index (χ0) is 15.1. The smallest absolute Gasteiger partial charge is 0.224 e. The van der Waals surface area contributed by atoms with Crippen molar-refractivity contribution in [1.29, 1.82) is 0 Å². The van der Waals surface area contributed by atoms with Crippen LogP contribution in [0, 0.1) is 18.8 Å². The third kappa shape index (κ3) is 4.89. The third-order valence-corrected chi connectivity index (χ3v) is 3.47. The van der Waals surface area contributed by atoms with Crippen molar-refractivity contribution in [2.45, 2.75) is 38.7 Å². The summed E-state index contributed by atoms with van der Waals surface area (Å²) in [6.45, 7) is 2.58. The predicted molar refractivity (Wildman–Crippen MR) is 82.0 cm³/mol. The van der Waals surface area contributed by atoms with Gasteiger partial charge in [-0.15, -0.1) is 0 Å². The predicted octanol–water partition coefficient (Wildman–Crippen LogP) is 2.24. The molecule has 0 radical (unpaired) electrons. The number of aryl methyl sites for hydroxylation is 1. The molecule has 112 valence electrons. The first kappa shape index (κ1) is 15.6. The van der Waals surface area contributed by atoms with Gasteiger partial charge in [-0.25, -0.2) is 0 Å². The van der Waals surface area contributed by atoms with E-state index in [0.717, 1.165) is 37.0 Å². The topological polar surface area (TPSA) is 58.6 Å². The Balaban J connectivity index is 1.96. The zero-order valence-electron chi connectivity index (χ0n) is 12.3. The van der Waals surface area contributed by atoms with Crippen molar-refractivity contribution in [3.05, 3.63) is 29.3 Å². The number of nitrogens with one attached hydrogen (secondary N) is 1. The number of hydrogen-bond donors (Lipinski definition) is 2. The van der Waals surface area contributed by atoms with Gasteiger partial charge in [-0.2, -0.15) is 0 Å². The minimum atomic E-state index is -0.194. The van der Waals surface area contributed by atoms with Crippen LogP contribution in [0.4, 0.5) is 5.69 Å². The van der Waals surface area contributed by atoms with E-state index in [1.165, 1.54) is 0 Å². The summed E-state index contributed by atoms with van der Waals surface area (Å²) in [4.78, 5) is 12.0. The Labute approximate surface area is 125 Å². The summed E-state index contributed by atoms with van der Waals surface area (Å²) >= 11 is 0. The lowest BCUT2D eigenvalue weighted by Crippen LogP contribution is -2.16. The Bertz CT molecular complexity index is 551. The molecule has 21 heavy (non-hydrogen) atoms. The minimum absolute atomic E-state index is 0.0249. The number of rotatable bonds is 4. The van der Waals surface area contributed by atoms with Gasteiger partial charge in [0.15, 0.2) is 0 Å². The molecule has 4 heteroatoms. The van der Waals surface area contributed by atoms with Gasteiger partial charge in [-0.05, 0) is 43.9 Å². The number of amides is 1. The number of carbonyl (C=O) groups excluding carboxylic acids is 1. The van der Waals surface area contributed by atoms with Crippen LogP contribution in [0.3, 0.4) is 0 Å². The van der Waals surface area contributed by atoms with Gasteiger partial charge >= 0.3 is 0 Å². The van der Waals surface area contributed by atoms with E-state index < -0.39 is 0 Å². The molecule has 0 aliphatic carbocycles. The van der Waals surface area contributed by atoms with Crippen molar-refractivity contribution >= 4 is 11.6 Å². The fourth-order valence-corrected chi connectivity index (χ4v) is 2.38. The molecule has 1 saturated heterocycles. The van der Waals surface area contributed by atoms with Gasteiger partial charge in [0.25, 0.3) is 0 Å². The summed E-state index contributed by atoms with van der Waals surface area (Å²) in [6, 6.07) is 5.68. The van der Waals surface area contributed by atoms with E-state index in [-0.39, 0.29) is 18.6 Å². The largest absolute Gasteiger partial charge is 0.384 e. The molecule has 1 amide bonds. The molecule has 0 bridgehead atoms. The molecule has 1 aromatic carbocycles. The third-order valence-electron chi connectivity index (χ3n) is 3.47. The molecule has 1 unspecified atom stereocenters. The normalized spacial score (nSPS) is 17.1. The molecular formula is C17H21NO3. The summed E-state index contributed by atoms with van der Waals surface area (Å²) < 4.78 is 5.52. The first-order chi connectivity index (χ1) is 10.2. The van der Waals surface area contributed by atoms with E-state index >= 15 is 0 Å². The van der Waals surface area contributed by atoms with Crippen molar-refractivity contribution in [2.24, 2.45) is 0 Å². The highest BCUT2D eigenvalue weighted by atomic mass is 16.5. The van der Waals surface area contributed by atoms with Gasteiger partial charge in [0, 0.05) is 18.6 Å². The van der Waals surface area contributed by atoms with Crippen LogP contribution in [0.15, 0.2) is 18.2 Å². The molecule has 1 atom stereocenters. The second kappa shape index (κ2) is 7.82. The van der Waals surface area contributed by atoms with Crippen molar-refractivity contribution in [3.63, 3.8) is 0 Å². The number of aliphatic hydroxyl groups is 1. The second-order valence-electron chi connectivity index (χ2n) is 5.23. The summed E-state index contributed by atoms with van der Waals surface area (Å²) in [5, 5.41) is 11.7. The van der Waals surface area contributed by atoms with E-state index in [1.807, 2.05) is 25.1 Å². The fraction of sp³-hybridized carbons (Fsp3) is 0.471. The molecule has 0 aromatic heterocycles. The maximum atomic E-state index is 12.0. The van der Waals surface area contributed by atoms with Crippen molar-refractivity contribution in [2.75, 3.05) is 18.5 Å². The van der Waals surface area contributed by atoms with E-state index in [2.05, 4.69) is 17.2 Å². The standard InChI is InChI=1S/C17H21NO3/c1-13-6-7-14(4-2-10-19)16(12-13)18-17(20)9-8-15-5-3-11-21-15/h6-7,12,15,19H,3,5,8-11H2,1H3,(H,18,20). The van der Waals surface area contributed by atoms with Crippen LogP contribution in [0.1, 0.15) is 36.8 Å². The summed E-state index contributed by atoms with van der Waals surface area (Å²) in [6.07, 6.45) is 3.57. The molecule has 1 heterocycles. The average Bonchev–Trinajstić information content (AvgIpc) is 2.98. The van der Waals surface area contributed by atoms with E-state index in [4.69, 9.17) is 9.84 Å². The lowest BCUT2D eigenvalue weighted by Gasteiger charge is -2.11. The van der Waals surface area contributed by atoms with E-state index in [9.17, 15) is 4.79 Å². The van der Waals surface area contributed by atoms with Gasteiger partial charge in [-0.3, -0.25) is 4.79 Å². The van der Waals surface area contributed by atoms with Crippen molar-refractivity contribution in [3.8, 4) is 11.8 Å². The van der Waals surface area contributed by atoms with Crippen molar-refractivity contribution in [1.82, 2.24) is 0 Å². The molecule has 4 nitrogen and oxygen atoms in total. The van der Waals surface area contributed by atoms with Gasteiger partial charge in [0.2, 0.25) is 5.91 Å². The Hall–Kier alpha value is -1.83. The monoisotopic (exact) mass is 287 g/mol. The van der Waals surface area contributed by atoms with E-state index in [0.29, 0.717) is 12.1 Å². The maximum Gasteiger partial charge on any atom is 0.224 e. The molecule has 1 aliphatic heterocycles. The van der Waals surface area contributed by atoms with E-state index in [1.54, 1.807) is 0 Å². The van der Waals surface area contributed by atoms with Gasteiger partial charge in [-0.1, -0.05) is 17.9 Å². The SMILES string of the molecule is Cc1ccc(C#CCO)c(NC(=O)CCC2CCCO2)c1. The Morgan fingerprint density at radius 3 is 3.10 bits per heavy atom. The molecule has 1 aromatic rings. The molecule has 2 rings (SSSR count). The number of hydrogen-bond acceptors (Lipinski definition) is 3. The minimum Gasteiger partial charge on any atom is -0.384 e. The first-order valence-corrected chi connectivity index (χ1v) is 7.31. The van der Waals surface area contributed by atoms with Gasteiger partial charge in [0.1, 0.15) is 6.61 Å². The zero-order valence-corrected chi connectivity index (χ0v) is 12.3. The molecule has 1 aliphatic rings. The first-order valence-electron chi connectivity index (χ1n) is 7.31. The Morgan fingerprint density at radius 1 is 1.52 bits per heavy atom. The average molecular weight is 287 g/mol. The molecule has 0 saturated carbocycles. The quantitative estimate of drug-likeness (QED) is 0.835. The second-order valence-corrected chi connectivity index (χ2v) is 5.23. The molecule has 2 N–H and O–H groups in total. The van der Waals surface area contributed by atoms with Crippen LogP contribution in [-0.2, 0) is 9.53 Å². The summed E-state index contributed by atoms with van der Waals surface area (Å²) in [5.41, 5.74) is 2.48. The van der Waals surface area contributed by atoms with Crippen LogP contribution >= 0.6 is 0 Å². The molecular weight excluding hydrogens is 266 g/mol. The van der Waals surface area contributed by atoms with Gasteiger partial charge in [0.05, 0.1) is 11.8 Å². The lowest BCUT2D eigenvalue weighted by atomic mass is 10.1. The number of ether oxygens (including phenoxy) is 1. The molecule has 0 spiro atoms. The van der Waals surface area contributed by atoms with Gasteiger partial charge < -0.3 is 15.2 Å². The number of aliphatic hydroxyl groups excluding tert-OH is 1. The highest BCUT2D eigenvalue weighted by molar-refractivity contribution is 5.92. The number of anilines is 1. The fourth-order valence-electron chi connectivity index (χ4n) is 2.38. The number of carbonyl (C=O) groups is 1. The number of benzene rings is 1. The Kier molecular flexibility index (Phi) is 5.79. The van der Waals surface area contributed by atoms with Crippen LogP contribution in [0.2, 0.25) is 0 Å². The summed E-state index contributed by atoms with van der Waals surface area (Å²) in [5.74, 6) is 5.44.